The Hall–Kier alpha value is -2.93. The molecule has 7 nitrogen and oxygen atoms in total. The molecule has 0 spiro atoms. The minimum Gasteiger partial charge on any atom is -0.496 e. The van der Waals surface area contributed by atoms with E-state index in [0.717, 1.165) is 11.1 Å². The van der Waals surface area contributed by atoms with Crippen LogP contribution in [0.4, 0.5) is 0 Å². The predicted octanol–water partition coefficient (Wildman–Crippen LogP) is 3.61. The van der Waals surface area contributed by atoms with Gasteiger partial charge in [-0.05, 0) is 44.1 Å². The minimum atomic E-state index is -0.736. The van der Waals surface area contributed by atoms with E-state index in [1.807, 2.05) is 36.4 Å². The first-order valence-corrected chi connectivity index (χ1v) is 9.94. The molecule has 7 heteroatoms. The normalized spacial score (nSPS) is 16.0. The van der Waals surface area contributed by atoms with Crippen LogP contribution in [-0.4, -0.2) is 57.5 Å². The number of para-hydroxylation sites is 1. The molecule has 1 aliphatic heterocycles. The second-order valence-corrected chi connectivity index (χ2v) is 7.21. The number of aliphatic carboxylic acids is 1. The van der Waals surface area contributed by atoms with E-state index in [4.69, 9.17) is 18.9 Å². The Kier molecular flexibility index (Phi) is 7.05. The zero-order valence-electron chi connectivity index (χ0n) is 17.9. The molecule has 0 aliphatic carbocycles. The Morgan fingerprint density at radius 2 is 1.43 bits per heavy atom. The maximum atomic E-state index is 11.5. The molecule has 162 valence electrons. The highest BCUT2D eigenvalue weighted by Gasteiger charge is 2.35. The topological polar surface area (TPSA) is 77.5 Å². The van der Waals surface area contributed by atoms with Crippen LogP contribution in [0.1, 0.15) is 30.0 Å². The molecule has 0 saturated carbocycles. The maximum absolute atomic E-state index is 11.5. The quantitative estimate of drug-likeness (QED) is 0.706. The van der Waals surface area contributed by atoms with E-state index >= 15 is 0 Å². The van der Waals surface area contributed by atoms with E-state index in [-0.39, 0.29) is 12.0 Å². The first kappa shape index (κ1) is 21.8. The third kappa shape index (κ3) is 4.16. The number of benzene rings is 2. The van der Waals surface area contributed by atoms with Gasteiger partial charge in [0.05, 0.1) is 46.0 Å². The van der Waals surface area contributed by atoms with Crippen LogP contribution in [0.3, 0.4) is 0 Å². The molecule has 1 unspecified atom stereocenters. The number of ether oxygens (including phenoxy) is 4. The highest BCUT2D eigenvalue weighted by molar-refractivity contribution is 5.70. The van der Waals surface area contributed by atoms with Gasteiger partial charge in [-0.2, -0.15) is 0 Å². The summed E-state index contributed by atoms with van der Waals surface area (Å²) in [6.45, 7) is 1.26. The van der Waals surface area contributed by atoms with Crippen LogP contribution in [0.2, 0.25) is 0 Å². The van der Waals surface area contributed by atoms with Gasteiger partial charge in [-0.15, -0.1) is 0 Å². The number of nitrogens with zero attached hydrogens (tertiary/aromatic N) is 1. The van der Waals surface area contributed by atoms with Gasteiger partial charge in [-0.25, -0.2) is 0 Å². The smallest absolute Gasteiger partial charge is 0.306 e. The second kappa shape index (κ2) is 9.71. The summed E-state index contributed by atoms with van der Waals surface area (Å²) in [5.74, 6) is 1.61. The molecule has 1 fully saturated rings. The number of carboxylic acids is 1. The minimum absolute atomic E-state index is 0.254. The lowest BCUT2D eigenvalue weighted by molar-refractivity contribution is -0.143. The van der Waals surface area contributed by atoms with Gasteiger partial charge in [0.25, 0.3) is 0 Å². The van der Waals surface area contributed by atoms with E-state index in [2.05, 4.69) is 4.90 Å². The molecule has 3 rings (SSSR count). The predicted molar refractivity (Wildman–Crippen MR) is 113 cm³/mol. The molecule has 2 aromatic rings. The molecule has 0 radical (unpaired) electrons. The van der Waals surface area contributed by atoms with Gasteiger partial charge in [0.2, 0.25) is 0 Å². The first-order valence-electron chi connectivity index (χ1n) is 9.94. The Labute approximate surface area is 177 Å². The van der Waals surface area contributed by atoms with Crippen molar-refractivity contribution in [3.8, 4) is 23.0 Å². The molecule has 30 heavy (non-hydrogen) atoms. The highest BCUT2D eigenvalue weighted by atomic mass is 16.5. The Bertz CT molecular complexity index is 854. The van der Waals surface area contributed by atoms with E-state index in [1.165, 1.54) is 0 Å². The summed E-state index contributed by atoms with van der Waals surface area (Å²) >= 11 is 0. The van der Waals surface area contributed by atoms with Crippen LogP contribution in [0.25, 0.3) is 0 Å². The van der Waals surface area contributed by atoms with Gasteiger partial charge in [0.15, 0.2) is 11.5 Å². The monoisotopic (exact) mass is 415 g/mol. The molecular formula is C23H29NO6. The molecule has 0 bridgehead atoms. The van der Waals surface area contributed by atoms with Crippen molar-refractivity contribution in [3.63, 3.8) is 0 Å². The molecule has 2 aromatic carbocycles. The number of hydrogen-bond acceptors (Lipinski definition) is 6. The number of piperidine rings is 1. The van der Waals surface area contributed by atoms with Crippen molar-refractivity contribution in [2.75, 3.05) is 41.5 Å². The number of rotatable bonds is 8. The lowest BCUT2D eigenvalue weighted by atomic mass is 9.90. The molecule has 1 heterocycles. The van der Waals surface area contributed by atoms with Crippen LogP contribution >= 0.6 is 0 Å². The van der Waals surface area contributed by atoms with Crippen LogP contribution in [0.15, 0.2) is 36.4 Å². The molecule has 1 saturated heterocycles. The summed E-state index contributed by atoms with van der Waals surface area (Å²) in [6, 6.07) is 11.2. The molecule has 0 aromatic heterocycles. The van der Waals surface area contributed by atoms with Crippen molar-refractivity contribution in [2.24, 2.45) is 5.92 Å². The number of likely N-dealkylation sites (tertiary alicyclic amines) is 1. The SMILES string of the molecule is COc1cccc(C(c2c(OC)cccc2OC)N2CCC(C(=O)O)CC2)c1OC. The Morgan fingerprint density at radius 3 is 1.93 bits per heavy atom. The fraction of sp³-hybridized carbons (Fsp3) is 0.435. The van der Waals surface area contributed by atoms with Gasteiger partial charge in [0, 0.05) is 5.56 Å². The first-order chi connectivity index (χ1) is 14.5. The van der Waals surface area contributed by atoms with E-state index < -0.39 is 5.97 Å². The van der Waals surface area contributed by atoms with Crippen LogP contribution < -0.4 is 18.9 Å². The zero-order valence-corrected chi connectivity index (χ0v) is 17.9. The fourth-order valence-electron chi connectivity index (χ4n) is 4.22. The summed E-state index contributed by atoms with van der Waals surface area (Å²) in [5, 5.41) is 9.42. The lowest BCUT2D eigenvalue weighted by Crippen LogP contribution is -2.39. The third-order valence-electron chi connectivity index (χ3n) is 5.71. The Morgan fingerprint density at radius 1 is 0.900 bits per heavy atom. The third-order valence-corrected chi connectivity index (χ3v) is 5.71. The van der Waals surface area contributed by atoms with Gasteiger partial charge >= 0.3 is 5.97 Å². The lowest BCUT2D eigenvalue weighted by Gasteiger charge is -2.38. The average Bonchev–Trinajstić information content (AvgIpc) is 2.79. The van der Waals surface area contributed by atoms with Crippen molar-refractivity contribution < 1.29 is 28.8 Å². The number of hydrogen-bond donors (Lipinski definition) is 1. The fourth-order valence-corrected chi connectivity index (χ4v) is 4.22. The van der Waals surface area contributed by atoms with Crippen molar-refractivity contribution in [2.45, 2.75) is 18.9 Å². The van der Waals surface area contributed by atoms with Gasteiger partial charge in [0.1, 0.15) is 11.5 Å². The molecule has 0 amide bonds. The zero-order chi connectivity index (χ0) is 21.7. The average molecular weight is 415 g/mol. The van der Waals surface area contributed by atoms with Gasteiger partial charge in [-0.3, -0.25) is 9.69 Å². The molecule has 1 atom stereocenters. The van der Waals surface area contributed by atoms with E-state index in [9.17, 15) is 9.90 Å². The summed E-state index contributed by atoms with van der Waals surface area (Å²) in [6.07, 6.45) is 1.16. The summed E-state index contributed by atoms with van der Waals surface area (Å²) in [5.41, 5.74) is 1.79. The second-order valence-electron chi connectivity index (χ2n) is 7.21. The van der Waals surface area contributed by atoms with E-state index in [0.29, 0.717) is 48.9 Å². The van der Waals surface area contributed by atoms with Crippen LogP contribution in [-0.2, 0) is 4.79 Å². The van der Waals surface area contributed by atoms with Gasteiger partial charge in [-0.1, -0.05) is 18.2 Å². The van der Waals surface area contributed by atoms with Crippen LogP contribution in [0.5, 0.6) is 23.0 Å². The molecular weight excluding hydrogens is 386 g/mol. The summed E-state index contributed by atoms with van der Waals surface area (Å²) < 4.78 is 22.7. The Balaban J connectivity index is 2.16. The highest BCUT2D eigenvalue weighted by Crippen LogP contribution is 2.46. The largest absolute Gasteiger partial charge is 0.496 e. The molecule has 1 aliphatic rings. The number of carbonyl (C=O) groups is 1. The van der Waals surface area contributed by atoms with Crippen LogP contribution in [0, 0.1) is 5.92 Å². The summed E-state index contributed by atoms with van der Waals surface area (Å²) in [7, 11) is 6.50. The molecule has 1 N–H and O–H groups in total. The number of carboxylic acid groups (broad SMARTS) is 1. The standard InChI is InChI=1S/C23H29NO6/c1-27-17-8-6-9-18(28-2)20(17)21(24-13-11-15(12-14-24)23(25)26)16-7-5-10-19(29-3)22(16)30-4/h5-10,15,21H,11-14H2,1-4H3,(H,25,26). The van der Waals surface area contributed by atoms with Crippen molar-refractivity contribution in [3.05, 3.63) is 47.5 Å². The van der Waals surface area contributed by atoms with Crippen molar-refractivity contribution >= 4 is 5.97 Å². The maximum Gasteiger partial charge on any atom is 0.306 e. The van der Waals surface area contributed by atoms with E-state index in [1.54, 1.807) is 28.4 Å². The number of methoxy groups -OCH3 is 4. The van der Waals surface area contributed by atoms with Crippen molar-refractivity contribution in [1.29, 1.82) is 0 Å². The summed E-state index contributed by atoms with van der Waals surface area (Å²) in [4.78, 5) is 13.7. The van der Waals surface area contributed by atoms with Crippen molar-refractivity contribution in [1.82, 2.24) is 4.90 Å². The van der Waals surface area contributed by atoms with Gasteiger partial charge < -0.3 is 24.1 Å².